The fourth-order valence-corrected chi connectivity index (χ4v) is 3.51. The Labute approximate surface area is 104 Å². The Kier molecular flexibility index (Phi) is 3.93. The summed E-state index contributed by atoms with van der Waals surface area (Å²) < 4.78 is 11.8. The molecule has 1 fully saturated rings. The van der Waals surface area contributed by atoms with Gasteiger partial charge in [-0.2, -0.15) is 5.26 Å². The minimum Gasteiger partial charge on any atom is -0.307 e. The van der Waals surface area contributed by atoms with Crippen LogP contribution in [0.2, 0.25) is 0 Å². The van der Waals surface area contributed by atoms with Gasteiger partial charge in [0.1, 0.15) is 0 Å². The molecule has 17 heavy (non-hydrogen) atoms. The first kappa shape index (κ1) is 12.3. The number of nitriles is 1. The van der Waals surface area contributed by atoms with E-state index in [4.69, 9.17) is 5.26 Å². The average Bonchev–Trinajstić information content (AvgIpc) is 2.51. The molecule has 1 saturated heterocycles. The highest BCUT2D eigenvalue weighted by Crippen LogP contribution is 2.19. The number of nitrogens with one attached hydrogen (secondary N) is 1. The molecule has 1 aromatic carbocycles. The lowest BCUT2D eigenvalue weighted by Crippen LogP contribution is -2.30. The SMILES string of the molecule is CC1CCS(=O)CC(c2cccc(C#N)c2)N1. The van der Waals surface area contributed by atoms with Crippen LogP contribution in [-0.2, 0) is 10.8 Å². The molecule has 0 radical (unpaired) electrons. The molecule has 90 valence electrons. The van der Waals surface area contributed by atoms with E-state index < -0.39 is 10.8 Å². The molecule has 2 rings (SSSR count). The third-order valence-electron chi connectivity index (χ3n) is 3.03. The lowest BCUT2D eigenvalue weighted by Gasteiger charge is -2.19. The van der Waals surface area contributed by atoms with Gasteiger partial charge >= 0.3 is 0 Å². The molecule has 3 atom stereocenters. The Bertz CT molecular complexity index is 467. The molecule has 0 amide bonds. The molecule has 3 nitrogen and oxygen atoms in total. The number of hydrogen-bond acceptors (Lipinski definition) is 3. The number of rotatable bonds is 1. The Morgan fingerprint density at radius 2 is 2.35 bits per heavy atom. The van der Waals surface area contributed by atoms with E-state index in [0.29, 0.717) is 17.4 Å². The third-order valence-corrected chi connectivity index (χ3v) is 4.43. The molecule has 1 aromatic rings. The predicted octanol–water partition coefficient (Wildman–Crippen LogP) is 1.73. The molecule has 0 aromatic heterocycles. The first-order valence-corrected chi connectivity index (χ1v) is 7.29. The summed E-state index contributed by atoms with van der Waals surface area (Å²) in [5.41, 5.74) is 1.72. The van der Waals surface area contributed by atoms with Gasteiger partial charge in [0.25, 0.3) is 0 Å². The normalized spacial score (nSPS) is 29.3. The second-order valence-electron chi connectivity index (χ2n) is 4.46. The summed E-state index contributed by atoms with van der Waals surface area (Å²) in [6.45, 7) is 2.11. The van der Waals surface area contributed by atoms with Crippen molar-refractivity contribution in [2.75, 3.05) is 11.5 Å². The largest absolute Gasteiger partial charge is 0.307 e. The first-order chi connectivity index (χ1) is 8.19. The van der Waals surface area contributed by atoms with Gasteiger partial charge in [-0.15, -0.1) is 0 Å². The zero-order chi connectivity index (χ0) is 12.3. The highest BCUT2D eigenvalue weighted by Gasteiger charge is 2.21. The minimum atomic E-state index is -0.763. The van der Waals surface area contributed by atoms with Crippen molar-refractivity contribution >= 4 is 10.8 Å². The maximum atomic E-state index is 11.8. The van der Waals surface area contributed by atoms with Crippen molar-refractivity contribution in [1.29, 1.82) is 5.26 Å². The quantitative estimate of drug-likeness (QED) is 0.823. The van der Waals surface area contributed by atoms with Crippen molar-refractivity contribution in [3.63, 3.8) is 0 Å². The van der Waals surface area contributed by atoms with E-state index in [1.54, 1.807) is 6.07 Å². The van der Waals surface area contributed by atoms with Crippen LogP contribution in [0.4, 0.5) is 0 Å². The molecular weight excluding hydrogens is 232 g/mol. The van der Waals surface area contributed by atoms with Crippen LogP contribution in [0.5, 0.6) is 0 Å². The van der Waals surface area contributed by atoms with Crippen LogP contribution in [0, 0.1) is 11.3 Å². The standard InChI is InChI=1S/C13H16N2OS/c1-10-5-6-17(16)9-13(15-10)12-4-2-3-11(7-12)8-14/h2-4,7,10,13,15H,5-6,9H2,1H3. The number of nitrogens with zero attached hydrogens (tertiary/aromatic N) is 1. The van der Waals surface area contributed by atoms with E-state index in [0.717, 1.165) is 17.7 Å². The van der Waals surface area contributed by atoms with Gasteiger partial charge in [-0.05, 0) is 31.0 Å². The number of benzene rings is 1. The first-order valence-electron chi connectivity index (χ1n) is 5.80. The van der Waals surface area contributed by atoms with E-state index in [9.17, 15) is 4.21 Å². The molecule has 0 spiro atoms. The maximum absolute atomic E-state index is 11.8. The zero-order valence-corrected chi connectivity index (χ0v) is 10.7. The molecule has 3 unspecified atom stereocenters. The average molecular weight is 248 g/mol. The summed E-state index contributed by atoms with van der Waals surface area (Å²) in [4.78, 5) is 0. The van der Waals surface area contributed by atoms with Crippen molar-refractivity contribution < 1.29 is 4.21 Å². The van der Waals surface area contributed by atoms with Crippen LogP contribution in [-0.4, -0.2) is 21.8 Å². The van der Waals surface area contributed by atoms with E-state index in [2.05, 4.69) is 18.3 Å². The second-order valence-corrected chi connectivity index (χ2v) is 6.08. The van der Waals surface area contributed by atoms with Gasteiger partial charge in [0.2, 0.25) is 0 Å². The van der Waals surface area contributed by atoms with E-state index in [1.807, 2.05) is 18.2 Å². The van der Waals surface area contributed by atoms with Crippen molar-refractivity contribution in [2.24, 2.45) is 0 Å². The Hall–Kier alpha value is -1.18. The summed E-state index contributed by atoms with van der Waals surface area (Å²) in [7, 11) is -0.763. The zero-order valence-electron chi connectivity index (χ0n) is 9.85. The van der Waals surface area contributed by atoms with Gasteiger partial charge in [-0.1, -0.05) is 12.1 Å². The van der Waals surface area contributed by atoms with Crippen molar-refractivity contribution in [3.05, 3.63) is 35.4 Å². The molecule has 1 N–H and O–H groups in total. The molecule has 0 bridgehead atoms. The van der Waals surface area contributed by atoms with Crippen molar-refractivity contribution in [3.8, 4) is 6.07 Å². The number of hydrogen-bond donors (Lipinski definition) is 1. The van der Waals surface area contributed by atoms with Gasteiger partial charge in [-0.25, -0.2) is 0 Å². The van der Waals surface area contributed by atoms with Crippen LogP contribution < -0.4 is 5.32 Å². The lowest BCUT2D eigenvalue weighted by molar-refractivity contribution is 0.484. The summed E-state index contributed by atoms with van der Waals surface area (Å²) in [5, 5.41) is 12.4. The van der Waals surface area contributed by atoms with E-state index >= 15 is 0 Å². The molecule has 0 aliphatic carbocycles. The van der Waals surface area contributed by atoms with Gasteiger partial charge in [-0.3, -0.25) is 4.21 Å². The minimum absolute atomic E-state index is 0.0987. The van der Waals surface area contributed by atoms with Crippen LogP contribution in [0.15, 0.2) is 24.3 Å². The molecule has 1 aliphatic heterocycles. The molecular formula is C13H16N2OS. The highest BCUT2D eigenvalue weighted by molar-refractivity contribution is 7.85. The summed E-state index contributed by atoms with van der Waals surface area (Å²) in [5.74, 6) is 1.40. The Morgan fingerprint density at radius 1 is 1.53 bits per heavy atom. The van der Waals surface area contributed by atoms with Gasteiger partial charge in [0.05, 0.1) is 11.6 Å². The van der Waals surface area contributed by atoms with Crippen LogP contribution >= 0.6 is 0 Å². The molecule has 0 saturated carbocycles. The topological polar surface area (TPSA) is 52.9 Å². The monoisotopic (exact) mass is 248 g/mol. The smallest absolute Gasteiger partial charge is 0.0991 e. The molecule has 4 heteroatoms. The Balaban J connectivity index is 2.24. The lowest BCUT2D eigenvalue weighted by atomic mass is 10.0. The summed E-state index contributed by atoms with van der Waals surface area (Å²) >= 11 is 0. The summed E-state index contributed by atoms with van der Waals surface area (Å²) in [6.07, 6.45) is 0.945. The van der Waals surface area contributed by atoms with E-state index in [-0.39, 0.29) is 6.04 Å². The molecule has 1 heterocycles. The van der Waals surface area contributed by atoms with Gasteiger partial charge < -0.3 is 5.32 Å². The van der Waals surface area contributed by atoms with E-state index in [1.165, 1.54) is 0 Å². The maximum Gasteiger partial charge on any atom is 0.0991 e. The van der Waals surface area contributed by atoms with Gasteiger partial charge in [0, 0.05) is 34.4 Å². The van der Waals surface area contributed by atoms with Gasteiger partial charge in [0.15, 0.2) is 0 Å². The fourth-order valence-electron chi connectivity index (χ4n) is 2.07. The van der Waals surface area contributed by atoms with Crippen LogP contribution in [0.1, 0.15) is 30.5 Å². The highest BCUT2D eigenvalue weighted by atomic mass is 32.2. The fraction of sp³-hybridized carbons (Fsp3) is 0.462. The third kappa shape index (κ3) is 3.15. The van der Waals surface area contributed by atoms with Crippen molar-refractivity contribution in [1.82, 2.24) is 5.32 Å². The van der Waals surface area contributed by atoms with Crippen molar-refractivity contribution in [2.45, 2.75) is 25.4 Å². The Morgan fingerprint density at radius 3 is 3.12 bits per heavy atom. The molecule has 1 aliphatic rings. The van der Waals surface area contributed by atoms with Crippen LogP contribution in [0.3, 0.4) is 0 Å². The van der Waals surface area contributed by atoms with Crippen LogP contribution in [0.25, 0.3) is 0 Å². The predicted molar refractivity (Wildman–Crippen MR) is 69.0 cm³/mol. The summed E-state index contributed by atoms with van der Waals surface area (Å²) in [6, 6.07) is 10.2. The second kappa shape index (κ2) is 5.44.